The number of rotatable bonds is 15. The van der Waals surface area contributed by atoms with E-state index in [1.165, 1.54) is 36.4 Å². The SMILES string of the molecule is C=C1CC[C@H](CCCCCc2cccc(C(F)(F)F)c2)[C@H]1C[C@H]1OC1CC(OC(=O)c1ccccc1)=C(OC(=O)c1ccccc1)C(=O)O. The molecule has 0 aromatic heterocycles. The van der Waals surface area contributed by atoms with E-state index >= 15 is 0 Å². The van der Waals surface area contributed by atoms with E-state index in [2.05, 4.69) is 6.58 Å². The van der Waals surface area contributed by atoms with Gasteiger partial charge in [-0.15, -0.1) is 0 Å². The number of allylic oxidation sites excluding steroid dienone is 1. The number of aryl methyl sites for hydroxylation is 1. The Morgan fingerprint density at radius 3 is 2.12 bits per heavy atom. The second kappa shape index (κ2) is 16.1. The second-order valence-corrected chi connectivity index (χ2v) is 12.6. The van der Waals surface area contributed by atoms with Crippen LogP contribution in [0.25, 0.3) is 0 Å². The molecule has 1 saturated carbocycles. The Morgan fingerprint density at radius 2 is 1.49 bits per heavy atom. The summed E-state index contributed by atoms with van der Waals surface area (Å²) in [6.45, 7) is 4.29. The third-order valence-electron chi connectivity index (χ3n) is 9.16. The summed E-state index contributed by atoms with van der Waals surface area (Å²) in [5.41, 5.74) is 1.53. The summed E-state index contributed by atoms with van der Waals surface area (Å²) in [6.07, 6.45) is 1.63. The van der Waals surface area contributed by atoms with Gasteiger partial charge >= 0.3 is 24.1 Å². The van der Waals surface area contributed by atoms with Gasteiger partial charge in [0, 0.05) is 6.42 Å². The molecule has 0 radical (unpaired) electrons. The van der Waals surface area contributed by atoms with E-state index in [-0.39, 0.29) is 35.3 Å². The Balaban J connectivity index is 1.19. The average molecular weight is 677 g/mol. The molecule has 1 saturated heterocycles. The zero-order valence-electron chi connectivity index (χ0n) is 27.0. The number of carboxylic acid groups (broad SMARTS) is 1. The predicted molar refractivity (Wildman–Crippen MR) is 175 cm³/mol. The summed E-state index contributed by atoms with van der Waals surface area (Å²) in [5, 5.41) is 10.0. The normalized spacial score (nSPS) is 20.8. The molecule has 1 N–H and O–H groups in total. The highest BCUT2D eigenvalue weighted by Gasteiger charge is 2.45. The molecule has 2 aliphatic rings. The molecule has 1 aliphatic heterocycles. The average Bonchev–Trinajstić information content (AvgIpc) is 3.74. The third-order valence-corrected chi connectivity index (χ3v) is 9.16. The summed E-state index contributed by atoms with van der Waals surface area (Å²) in [7, 11) is 0. The van der Waals surface area contributed by atoms with Crippen molar-refractivity contribution in [1.29, 1.82) is 0 Å². The third kappa shape index (κ3) is 9.92. The van der Waals surface area contributed by atoms with Crippen LogP contribution in [0.4, 0.5) is 13.2 Å². The number of alkyl halides is 3. The molecule has 258 valence electrons. The largest absolute Gasteiger partial charge is 0.475 e. The molecule has 1 heterocycles. The van der Waals surface area contributed by atoms with E-state index in [0.29, 0.717) is 24.3 Å². The van der Waals surface area contributed by atoms with Crippen molar-refractivity contribution in [2.75, 3.05) is 0 Å². The molecule has 0 spiro atoms. The number of hydrogen-bond donors (Lipinski definition) is 1. The molecule has 2 fully saturated rings. The van der Waals surface area contributed by atoms with Gasteiger partial charge in [-0.3, -0.25) is 0 Å². The van der Waals surface area contributed by atoms with E-state index in [1.54, 1.807) is 42.5 Å². The number of benzene rings is 3. The highest BCUT2D eigenvalue weighted by Crippen LogP contribution is 2.46. The van der Waals surface area contributed by atoms with Crippen molar-refractivity contribution < 1.29 is 46.9 Å². The highest BCUT2D eigenvalue weighted by atomic mass is 19.4. The topological polar surface area (TPSA) is 102 Å². The second-order valence-electron chi connectivity index (χ2n) is 12.6. The van der Waals surface area contributed by atoms with Crippen LogP contribution in [-0.4, -0.2) is 35.2 Å². The summed E-state index contributed by atoms with van der Waals surface area (Å²) in [5.74, 6) is -3.75. The number of unbranched alkanes of at least 4 members (excludes halogenated alkanes) is 2. The van der Waals surface area contributed by atoms with Gasteiger partial charge in [0.05, 0.1) is 28.9 Å². The van der Waals surface area contributed by atoms with Crippen LogP contribution in [0.2, 0.25) is 0 Å². The molecule has 3 aromatic rings. The number of ether oxygens (including phenoxy) is 3. The standard InChI is InChI=1S/C39H39F3O7/c1-25-20-21-27(14-6-2-5-12-26-13-11-19-30(22-26)39(40,41)42)31(25)23-32-33(47-32)24-34(48-37(45)28-15-7-3-8-16-28)35(36(43)44)49-38(46)29-17-9-4-10-18-29/h3-4,7-11,13,15-19,22,27,31-33H,1-2,5-6,12,14,20-21,23-24H2,(H,43,44)/t27-,31-,32+,33?/m0/s1. The number of hydrogen-bond acceptors (Lipinski definition) is 6. The van der Waals surface area contributed by atoms with E-state index in [9.17, 15) is 32.7 Å². The van der Waals surface area contributed by atoms with Crippen molar-refractivity contribution in [3.8, 4) is 0 Å². The van der Waals surface area contributed by atoms with Gasteiger partial charge in [-0.2, -0.15) is 13.2 Å². The van der Waals surface area contributed by atoms with Crippen LogP contribution in [0.15, 0.2) is 109 Å². The minimum atomic E-state index is -4.35. The number of esters is 2. The van der Waals surface area contributed by atoms with Crippen LogP contribution in [0.3, 0.4) is 0 Å². The minimum absolute atomic E-state index is 0.0909. The highest BCUT2D eigenvalue weighted by molar-refractivity contribution is 5.96. The summed E-state index contributed by atoms with van der Waals surface area (Å²) >= 11 is 0. The fraction of sp³-hybridized carbons (Fsp3) is 0.359. The zero-order chi connectivity index (χ0) is 35.0. The fourth-order valence-electron chi connectivity index (χ4n) is 6.48. The zero-order valence-corrected chi connectivity index (χ0v) is 27.0. The van der Waals surface area contributed by atoms with Crippen molar-refractivity contribution in [2.24, 2.45) is 11.8 Å². The van der Waals surface area contributed by atoms with Crippen molar-refractivity contribution in [2.45, 2.75) is 76.2 Å². The molecule has 0 amide bonds. The molecule has 49 heavy (non-hydrogen) atoms. The van der Waals surface area contributed by atoms with E-state index in [4.69, 9.17) is 14.2 Å². The molecule has 1 aliphatic carbocycles. The summed E-state index contributed by atoms with van der Waals surface area (Å²) < 4.78 is 55.9. The van der Waals surface area contributed by atoms with E-state index in [1.807, 2.05) is 0 Å². The van der Waals surface area contributed by atoms with Crippen LogP contribution >= 0.6 is 0 Å². The summed E-state index contributed by atoms with van der Waals surface area (Å²) in [4.78, 5) is 38.1. The quantitative estimate of drug-likeness (QED) is 0.0428. The first-order valence-corrected chi connectivity index (χ1v) is 16.5. The van der Waals surface area contributed by atoms with Gasteiger partial charge in [0.2, 0.25) is 0 Å². The van der Waals surface area contributed by atoms with Crippen molar-refractivity contribution in [3.05, 3.63) is 131 Å². The van der Waals surface area contributed by atoms with Crippen molar-refractivity contribution >= 4 is 17.9 Å². The molecular weight excluding hydrogens is 637 g/mol. The van der Waals surface area contributed by atoms with Gasteiger partial charge in [-0.25, -0.2) is 14.4 Å². The molecule has 5 rings (SSSR count). The van der Waals surface area contributed by atoms with Gasteiger partial charge in [-0.05, 0) is 86.3 Å². The summed E-state index contributed by atoms with van der Waals surface area (Å²) in [6, 6.07) is 21.5. The van der Waals surface area contributed by atoms with Crippen LogP contribution in [0, 0.1) is 11.8 Å². The first-order chi connectivity index (χ1) is 23.5. The molecule has 0 bridgehead atoms. The molecule has 7 nitrogen and oxygen atoms in total. The number of carbonyl (C=O) groups excluding carboxylic acids is 2. The monoisotopic (exact) mass is 676 g/mol. The van der Waals surface area contributed by atoms with E-state index in [0.717, 1.165) is 50.2 Å². The maximum Gasteiger partial charge on any atom is 0.416 e. The Hall–Kier alpha value is -4.70. The molecule has 1 unspecified atom stereocenters. The molecule has 3 aromatic carbocycles. The lowest BCUT2D eigenvalue weighted by Crippen LogP contribution is -2.19. The minimum Gasteiger partial charge on any atom is -0.475 e. The lowest BCUT2D eigenvalue weighted by atomic mass is 9.85. The smallest absolute Gasteiger partial charge is 0.416 e. The van der Waals surface area contributed by atoms with Gasteiger partial charge in [-0.1, -0.05) is 79.6 Å². The van der Waals surface area contributed by atoms with Crippen LogP contribution in [-0.2, 0) is 31.6 Å². The number of aliphatic carboxylic acids is 1. The number of halogens is 3. The molecule has 4 atom stereocenters. The first kappa shape index (κ1) is 35.6. The van der Waals surface area contributed by atoms with Gasteiger partial charge in [0.1, 0.15) is 0 Å². The first-order valence-electron chi connectivity index (χ1n) is 16.5. The lowest BCUT2D eigenvalue weighted by Gasteiger charge is -2.20. The van der Waals surface area contributed by atoms with Gasteiger partial charge in [0.25, 0.3) is 5.76 Å². The van der Waals surface area contributed by atoms with Crippen molar-refractivity contribution in [1.82, 2.24) is 0 Å². The maximum absolute atomic E-state index is 13.0. The number of carboxylic acids is 1. The molecule has 10 heteroatoms. The Kier molecular flexibility index (Phi) is 11.7. The lowest BCUT2D eigenvalue weighted by molar-refractivity contribution is -0.138. The van der Waals surface area contributed by atoms with Crippen LogP contribution in [0.5, 0.6) is 0 Å². The van der Waals surface area contributed by atoms with E-state index < -0.39 is 41.5 Å². The van der Waals surface area contributed by atoms with Crippen LogP contribution in [0.1, 0.15) is 83.2 Å². The Labute approximate surface area is 283 Å². The van der Waals surface area contributed by atoms with Crippen LogP contribution < -0.4 is 0 Å². The predicted octanol–water partition coefficient (Wildman–Crippen LogP) is 8.95. The Morgan fingerprint density at radius 1 is 0.837 bits per heavy atom. The van der Waals surface area contributed by atoms with Gasteiger partial charge in [0.15, 0.2) is 5.76 Å². The molecular formula is C39H39F3O7. The Bertz CT molecular complexity index is 1670. The maximum atomic E-state index is 13.0. The number of carbonyl (C=O) groups is 3. The van der Waals surface area contributed by atoms with Crippen molar-refractivity contribution in [3.63, 3.8) is 0 Å². The van der Waals surface area contributed by atoms with Gasteiger partial charge < -0.3 is 19.3 Å². The number of epoxide rings is 1. The fourth-order valence-corrected chi connectivity index (χ4v) is 6.48.